The van der Waals surface area contributed by atoms with Crippen LogP contribution in [-0.2, 0) is 19.6 Å². The molecule has 2 aliphatic rings. The second-order valence-corrected chi connectivity index (χ2v) is 10.6. The number of sulfonamides is 1. The predicted octanol–water partition coefficient (Wildman–Crippen LogP) is 3.04. The molecule has 10 heteroatoms. The Bertz CT molecular complexity index is 1170. The molecule has 2 unspecified atom stereocenters. The first-order valence-electron chi connectivity index (χ1n) is 10.6. The van der Waals surface area contributed by atoms with Gasteiger partial charge in [0.05, 0.1) is 23.8 Å². The topological polar surface area (TPSA) is 75.7 Å². The number of methoxy groups -OCH3 is 1. The number of carbonyl (C=O) groups excluding carboxylic acids is 1. The largest absolute Gasteiger partial charge is 0.384 e. The number of nitrogens with zero attached hydrogens (tertiary/aromatic N) is 1. The Morgan fingerprint density at radius 3 is 2.48 bits per heavy atom. The first-order valence-corrected chi connectivity index (χ1v) is 12.4. The number of benzene rings is 2. The van der Waals surface area contributed by atoms with Gasteiger partial charge < -0.3 is 9.64 Å². The van der Waals surface area contributed by atoms with E-state index in [0.29, 0.717) is 24.9 Å². The number of rotatable bonds is 8. The summed E-state index contributed by atoms with van der Waals surface area (Å²) in [4.78, 5) is 15.1. The van der Waals surface area contributed by atoms with Crippen molar-refractivity contribution in [2.45, 2.75) is 24.8 Å². The summed E-state index contributed by atoms with van der Waals surface area (Å²) < 4.78 is 73.8. The van der Waals surface area contributed by atoms with Crippen molar-refractivity contribution < 1.29 is 31.1 Å². The number of hydrogen-bond donors (Lipinski definition) is 1. The normalized spacial score (nSPS) is 24.5. The van der Waals surface area contributed by atoms with E-state index in [4.69, 9.17) is 4.74 Å². The van der Waals surface area contributed by atoms with E-state index in [9.17, 15) is 26.4 Å². The predicted molar refractivity (Wildman–Crippen MR) is 116 cm³/mol. The molecule has 0 radical (unpaired) electrons. The Labute approximate surface area is 190 Å². The molecule has 178 valence electrons. The van der Waals surface area contributed by atoms with Crippen molar-refractivity contribution in [3.8, 4) is 11.1 Å². The maximum absolute atomic E-state index is 14.5. The van der Waals surface area contributed by atoms with Gasteiger partial charge in [0.1, 0.15) is 17.5 Å². The van der Waals surface area contributed by atoms with Gasteiger partial charge >= 0.3 is 0 Å². The molecule has 1 amide bonds. The zero-order chi connectivity index (χ0) is 24.0. The van der Waals surface area contributed by atoms with Crippen LogP contribution in [0.4, 0.5) is 13.2 Å². The summed E-state index contributed by atoms with van der Waals surface area (Å²) in [6.07, 6.45) is 2.08. The van der Waals surface area contributed by atoms with E-state index < -0.39 is 38.8 Å². The number of hydrogen-bond acceptors (Lipinski definition) is 4. The summed E-state index contributed by atoms with van der Waals surface area (Å²) in [7, 11) is -1.93. The number of carbonyl (C=O) groups is 1. The van der Waals surface area contributed by atoms with Gasteiger partial charge in [0, 0.05) is 32.2 Å². The highest BCUT2D eigenvalue weighted by Gasteiger charge is 2.63. The average Bonchev–Trinajstić information content (AvgIpc) is 3.42. The molecule has 33 heavy (non-hydrogen) atoms. The smallest absolute Gasteiger partial charge is 0.232 e. The van der Waals surface area contributed by atoms with Gasteiger partial charge in [-0.2, -0.15) is 0 Å². The van der Waals surface area contributed by atoms with E-state index in [2.05, 4.69) is 4.72 Å². The Balaban J connectivity index is 1.66. The zero-order valence-electron chi connectivity index (χ0n) is 18.3. The SMILES string of the molecule is COCC1(C(=O)N2CC[C@H]2CNS(C)(=O)=O)CC1c1ccc(F)cc1-c1c(F)cccc1F. The van der Waals surface area contributed by atoms with E-state index in [1.807, 2.05) is 0 Å². The minimum atomic E-state index is -3.40. The Hall–Kier alpha value is -2.43. The number of amides is 1. The molecule has 0 bridgehead atoms. The van der Waals surface area contributed by atoms with Crippen LogP contribution in [0.15, 0.2) is 36.4 Å². The molecule has 1 aliphatic heterocycles. The first-order chi connectivity index (χ1) is 15.6. The molecule has 4 rings (SSSR count). The standard InChI is InChI=1S/C23H25F3N2O4S/c1-32-13-23(22(29)28-9-8-15(28)12-27-33(2,30)31)11-18(23)16-7-6-14(24)10-17(16)21-19(25)4-3-5-20(21)26/h3-7,10,15,18,27H,8-9,11-13H2,1-2H3/t15-,18?,23?/m0/s1. The Morgan fingerprint density at radius 1 is 1.21 bits per heavy atom. The zero-order valence-corrected chi connectivity index (χ0v) is 19.1. The number of ether oxygens (including phenoxy) is 1. The maximum Gasteiger partial charge on any atom is 0.232 e. The quantitative estimate of drug-likeness (QED) is 0.628. The van der Waals surface area contributed by atoms with Gasteiger partial charge in [-0.1, -0.05) is 12.1 Å². The van der Waals surface area contributed by atoms with Gasteiger partial charge in [-0.15, -0.1) is 0 Å². The minimum absolute atomic E-state index is 0.0697. The summed E-state index contributed by atoms with van der Waals surface area (Å²) >= 11 is 0. The van der Waals surface area contributed by atoms with Crippen molar-refractivity contribution in [1.82, 2.24) is 9.62 Å². The Kier molecular flexibility index (Phi) is 6.28. The van der Waals surface area contributed by atoms with Crippen LogP contribution < -0.4 is 4.72 Å². The van der Waals surface area contributed by atoms with Gasteiger partial charge in [-0.3, -0.25) is 4.79 Å². The van der Waals surface area contributed by atoms with Crippen molar-refractivity contribution in [3.63, 3.8) is 0 Å². The summed E-state index contributed by atoms with van der Waals surface area (Å²) in [5.74, 6) is -2.91. The lowest BCUT2D eigenvalue weighted by Gasteiger charge is -2.43. The highest BCUT2D eigenvalue weighted by Crippen LogP contribution is 2.62. The second-order valence-electron chi connectivity index (χ2n) is 8.74. The lowest BCUT2D eigenvalue weighted by atomic mass is 9.89. The van der Waals surface area contributed by atoms with E-state index >= 15 is 0 Å². The molecule has 0 aromatic heterocycles. The highest BCUT2D eigenvalue weighted by molar-refractivity contribution is 7.88. The molecule has 1 aliphatic carbocycles. The van der Waals surface area contributed by atoms with E-state index in [1.54, 1.807) is 4.90 Å². The molecule has 2 fully saturated rings. The number of nitrogens with one attached hydrogen (secondary N) is 1. The van der Waals surface area contributed by atoms with Crippen molar-refractivity contribution in [2.75, 3.05) is 33.1 Å². The van der Waals surface area contributed by atoms with Gasteiger partial charge in [0.15, 0.2) is 0 Å². The van der Waals surface area contributed by atoms with Crippen LogP contribution in [0.2, 0.25) is 0 Å². The summed E-state index contributed by atoms with van der Waals surface area (Å²) in [6, 6.07) is 6.92. The summed E-state index contributed by atoms with van der Waals surface area (Å²) in [5.41, 5.74) is -0.762. The van der Waals surface area contributed by atoms with E-state index in [1.165, 1.54) is 25.3 Å². The third kappa shape index (κ3) is 4.51. The van der Waals surface area contributed by atoms with Crippen molar-refractivity contribution in [1.29, 1.82) is 0 Å². The lowest BCUT2D eigenvalue weighted by molar-refractivity contribution is -0.147. The number of likely N-dealkylation sites (tertiary alicyclic amines) is 1. The lowest BCUT2D eigenvalue weighted by Crippen LogP contribution is -2.58. The van der Waals surface area contributed by atoms with Gasteiger partial charge in [-0.05, 0) is 48.2 Å². The summed E-state index contributed by atoms with van der Waals surface area (Å²) in [5, 5.41) is 0. The van der Waals surface area contributed by atoms with Crippen LogP contribution in [0, 0.1) is 22.9 Å². The maximum atomic E-state index is 14.5. The van der Waals surface area contributed by atoms with Crippen molar-refractivity contribution in [3.05, 3.63) is 59.4 Å². The molecular weight excluding hydrogens is 457 g/mol. The minimum Gasteiger partial charge on any atom is -0.384 e. The van der Waals surface area contributed by atoms with Gasteiger partial charge in [-0.25, -0.2) is 26.3 Å². The van der Waals surface area contributed by atoms with Gasteiger partial charge in [0.25, 0.3) is 0 Å². The van der Waals surface area contributed by atoms with Crippen LogP contribution in [0.1, 0.15) is 24.3 Å². The van der Waals surface area contributed by atoms with Crippen LogP contribution in [0.25, 0.3) is 11.1 Å². The van der Waals surface area contributed by atoms with Crippen molar-refractivity contribution in [2.24, 2.45) is 5.41 Å². The number of halogens is 3. The molecule has 1 saturated heterocycles. The fourth-order valence-electron chi connectivity index (χ4n) is 4.69. The first kappa shape index (κ1) is 23.7. The van der Waals surface area contributed by atoms with Crippen LogP contribution in [0.3, 0.4) is 0 Å². The molecular formula is C23H25F3N2O4S. The molecule has 6 nitrogen and oxygen atoms in total. The molecule has 2 aromatic rings. The molecule has 1 N–H and O–H groups in total. The molecule has 2 aromatic carbocycles. The molecule has 3 atom stereocenters. The van der Waals surface area contributed by atoms with Gasteiger partial charge in [0.2, 0.25) is 15.9 Å². The molecule has 1 heterocycles. The average molecular weight is 483 g/mol. The van der Waals surface area contributed by atoms with Crippen molar-refractivity contribution >= 4 is 15.9 Å². The Morgan fingerprint density at radius 2 is 1.91 bits per heavy atom. The van der Waals surface area contributed by atoms with E-state index in [0.717, 1.165) is 24.5 Å². The molecule has 0 spiro atoms. The van der Waals surface area contributed by atoms with Crippen LogP contribution in [-0.4, -0.2) is 58.3 Å². The third-order valence-electron chi connectivity index (χ3n) is 6.51. The van der Waals surface area contributed by atoms with Crippen LogP contribution >= 0.6 is 0 Å². The summed E-state index contributed by atoms with van der Waals surface area (Å²) in [6.45, 7) is 0.668. The second kappa shape index (κ2) is 8.73. The fourth-order valence-corrected chi connectivity index (χ4v) is 5.18. The molecule has 1 saturated carbocycles. The highest BCUT2D eigenvalue weighted by atomic mass is 32.2. The van der Waals surface area contributed by atoms with E-state index in [-0.39, 0.29) is 36.2 Å². The third-order valence-corrected chi connectivity index (χ3v) is 7.20. The monoisotopic (exact) mass is 482 g/mol. The van der Waals surface area contributed by atoms with Crippen LogP contribution in [0.5, 0.6) is 0 Å². The fraction of sp³-hybridized carbons (Fsp3) is 0.435.